The minimum absolute atomic E-state index is 0.402. The maximum atomic E-state index is 11.3. The van der Waals surface area contributed by atoms with E-state index in [-0.39, 0.29) is 0 Å². The Bertz CT molecular complexity index is 289. The van der Waals surface area contributed by atoms with Gasteiger partial charge in [0.25, 0.3) is 5.25 Å². The van der Waals surface area contributed by atoms with Gasteiger partial charge in [-0.25, -0.2) is 0 Å². The number of ketones is 1. The van der Waals surface area contributed by atoms with Gasteiger partial charge in [0.05, 0.1) is 6.42 Å². The monoisotopic (exact) mass is 200 g/mol. The van der Waals surface area contributed by atoms with Crippen LogP contribution in [0.4, 0.5) is 0 Å². The van der Waals surface area contributed by atoms with Crippen molar-refractivity contribution in [2.75, 3.05) is 0 Å². The molecule has 1 aromatic carbocycles. The zero-order valence-electron chi connectivity index (χ0n) is 6.77. The Morgan fingerprint density at radius 3 is 2.31 bits per heavy atom. The second-order valence-electron chi connectivity index (χ2n) is 2.68. The Labute approximate surface area is 80.6 Å². The van der Waals surface area contributed by atoms with Crippen LogP contribution < -0.4 is 0 Å². The summed E-state index contributed by atoms with van der Waals surface area (Å²) >= 11 is 5.07. The summed E-state index contributed by atoms with van der Waals surface area (Å²) in [4.78, 5) is 11.3. The van der Waals surface area contributed by atoms with Gasteiger partial charge >= 0.3 is 0 Å². The summed E-state index contributed by atoms with van der Waals surface area (Å²) in [6.07, 6.45) is -0.515. The minimum Gasteiger partial charge on any atom is -0.353 e. The number of hydrogen-bond donors (Lipinski definition) is 2. The van der Waals surface area contributed by atoms with Gasteiger partial charge in [-0.15, -0.1) is 0 Å². The molecule has 0 aliphatic carbocycles. The smallest absolute Gasteiger partial charge is 0.250 e. The third-order valence-electron chi connectivity index (χ3n) is 1.48. The van der Waals surface area contributed by atoms with Gasteiger partial charge in [0.2, 0.25) is 0 Å². The standard InChI is InChI=1S/C9H9ClO3/c10-9(12,13)6-8(11)7-4-2-1-3-5-7/h1-5,12-13H,6H2. The van der Waals surface area contributed by atoms with Gasteiger partial charge in [0.1, 0.15) is 0 Å². The van der Waals surface area contributed by atoms with Gasteiger partial charge < -0.3 is 10.2 Å². The SMILES string of the molecule is O=C(CC(O)(O)Cl)c1ccccc1. The first-order valence-electron chi connectivity index (χ1n) is 3.71. The predicted molar refractivity (Wildman–Crippen MR) is 48.4 cm³/mol. The molecule has 0 aromatic heterocycles. The molecule has 0 saturated heterocycles. The second kappa shape index (κ2) is 3.87. The summed E-state index contributed by atoms with van der Waals surface area (Å²) < 4.78 is 0. The number of hydrogen-bond acceptors (Lipinski definition) is 3. The molecule has 0 aliphatic heterocycles. The van der Waals surface area contributed by atoms with Crippen LogP contribution in [0.25, 0.3) is 0 Å². The maximum Gasteiger partial charge on any atom is 0.250 e. The van der Waals surface area contributed by atoms with Crippen LogP contribution in [0.15, 0.2) is 30.3 Å². The summed E-state index contributed by atoms with van der Waals surface area (Å²) in [5, 5.41) is 15.0. The molecule has 1 aromatic rings. The van der Waals surface area contributed by atoms with Crippen molar-refractivity contribution in [1.82, 2.24) is 0 Å². The van der Waals surface area contributed by atoms with Crippen molar-refractivity contribution in [3.63, 3.8) is 0 Å². The number of aliphatic hydroxyl groups is 2. The van der Waals surface area contributed by atoms with Crippen molar-refractivity contribution in [3.05, 3.63) is 35.9 Å². The summed E-state index contributed by atoms with van der Waals surface area (Å²) in [6, 6.07) is 8.33. The third kappa shape index (κ3) is 3.55. The number of carbonyl (C=O) groups excluding carboxylic acids is 1. The second-order valence-corrected chi connectivity index (χ2v) is 3.29. The van der Waals surface area contributed by atoms with Crippen molar-refractivity contribution in [3.8, 4) is 0 Å². The molecule has 0 aliphatic rings. The normalized spacial score (nSPS) is 11.3. The van der Waals surface area contributed by atoms with Crippen LogP contribution in [0.1, 0.15) is 16.8 Å². The van der Waals surface area contributed by atoms with E-state index in [1.807, 2.05) is 0 Å². The van der Waals surface area contributed by atoms with Gasteiger partial charge in [-0.3, -0.25) is 4.79 Å². The summed E-state index contributed by atoms with van der Waals surface area (Å²) in [6.45, 7) is 0. The van der Waals surface area contributed by atoms with E-state index in [0.717, 1.165) is 0 Å². The molecule has 3 nitrogen and oxygen atoms in total. The highest BCUT2D eigenvalue weighted by Crippen LogP contribution is 2.15. The molecule has 0 amide bonds. The van der Waals surface area contributed by atoms with Gasteiger partial charge in [-0.1, -0.05) is 41.9 Å². The fourth-order valence-electron chi connectivity index (χ4n) is 0.930. The lowest BCUT2D eigenvalue weighted by atomic mass is 10.1. The van der Waals surface area contributed by atoms with Crippen molar-refractivity contribution >= 4 is 17.4 Å². The fourth-order valence-corrected chi connectivity index (χ4v) is 1.05. The first kappa shape index (κ1) is 10.2. The number of rotatable bonds is 3. The number of alkyl halides is 1. The number of carbonyl (C=O) groups is 1. The van der Waals surface area contributed by atoms with Crippen LogP contribution in [0.5, 0.6) is 0 Å². The van der Waals surface area contributed by atoms with Crippen molar-refractivity contribution in [2.45, 2.75) is 11.7 Å². The van der Waals surface area contributed by atoms with Crippen LogP contribution in [-0.2, 0) is 0 Å². The highest BCUT2D eigenvalue weighted by atomic mass is 35.5. The van der Waals surface area contributed by atoms with Crippen molar-refractivity contribution in [2.24, 2.45) is 0 Å². The molecule has 0 unspecified atom stereocenters. The Hall–Kier alpha value is -0.900. The molecular weight excluding hydrogens is 192 g/mol. The number of Topliss-reactive ketones (excluding diaryl/α,β-unsaturated/α-hetero) is 1. The van der Waals surface area contributed by atoms with Gasteiger partial charge in [-0.2, -0.15) is 0 Å². The van der Waals surface area contributed by atoms with E-state index in [2.05, 4.69) is 0 Å². The van der Waals surface area contributed by atoms with E-state index >= 15 is 0 Å². The largest absolute Gasteiger partial charge is 0.353 e. The van der Waals surface area contributed by atoms with E-state index in [0.29, 0.717) is 5.56 Å². The molecule has 4 heteroatoms. The maximum absolute atomic E-state index is 11.3. The molecule has 0 spiro atoms. The number of halogens is 1. The van der Waals surface area contributed by atoms with E-state index in [1.54, 1.807) is 30.3 Å². The number of benzene rings is 1. The molecule has 0 atom stereocenters. The third-order valence-corrected chi connectivity index (χ3v) is 1.61. The zero-order chi connectivity index (χ0) is 9.90. The predicted octanol–water partition coefficient (Wildman–Crippen LogP) is 1.14. The van der Waals surface area contributed by atoms with Gasteiger partial charge in [0.15, 0.2) is 5.78 Å². The Morgan fingerprint density at radius 2 is 1.85 bits per heavy atom. The van der Waals surface area contributed by atoms with Crippen molar-refractivity contribution in [1.29, 1.82) is 0 Å². The molecule has 0 bridgehead atoms. The highest BCUT2D eigenvalue weighted by molar-refractivity contribution is 6.23. The quantitative estimate of drug-likeness (QED) is 0.437. The minimum atomic E-state index is -2.45. The summed E-state index contributed by atoms with van der Waals surface area (Å²) in [5.74, 6) is -0.402. The van der Waals surface area contributed by atoms with Crippen molar-refractivity contribution < 1.29 is 15.0 Å². The average Bonchev–Trinajstić information content (AvgIpc) is 2.03. The Balaban J connectivity index is 2.71. The molecular formula is C9H9ClO3. The lowest BCUT2D eigenvalue weighted by molar-refractivity contribution is -0.0817. The van der Waals surface area contributed by atoms with Crippen LogP contribution in [-0.4, -0.2) is 21.2 Å². The van der Waals surface area contributed by atoms with E-state index in [9.17, 15) is 4.79 Å². The Morgan fingerprint density at radius 1 is 1.31 bits per heavy atom. The topological polar surface area (TPSA) is 57.5 Å². The first-order valence-corrected chi connectivity index (χ1v) is 4.09. The van der Waals surface area contributed by atoms with E-state index in [4.69, 9.17) is 21.8 Å². The highest BCUT2D eigenvalue weighted by Gasteiger charge is 2.23. The van der Waals surface area contributed by atoms with Gasteiger partial charge in [0, 0.05) is 5.56 Å². The molecule has 70 valence electrons. The fraction of sp³-hybridized carbons (Fsp3) is 0.222. The molecule has 0 fully saturated rings. The molecule has 1 rings (SSSR count). The Kier molecular flexibility index (Phi) is 3.03. The van der Waals surface area contributed by atoms with Gasteiger partial charge in [-0.05, 0) is 0 Å². The summed E-state index contributed by atoms with van der Waals surface area (Å²) in [5.41, 5.74) is 0.413. The average molecular weight is 201 g/mol. The molecule has 0 heterocycles. The molecule has 0 saturated carbocycles. The van der Waals surface area contributed by atoms with Crippen LogP contribution in [0, 0.1) is 0 Å². The summed E-state index contributed by atoms with van der Waals surface area (Å²) in [7, 11) is 0. The van der Waals surface area contributed by atoms with Crippen LogP contribution in [0.2, 0.25) is 0 Å². The molecule has 0 radical (unpaired) electrons. The van der Waals surface area contributed by atoms with E-state index < -0.39 is 17.5 Å². The molecule has 13 heavy (non-hydrogen) atoms. The van der Waals surface area contributed by atoms with Crippen LogP contribution >= 0.6 is 11.6 Å². The lowest BCUT2D eigenvalue weighted by Crippen LogP contribution is -2.23. The van der Waals surface area contributed by atoms with E-state index in [1.165, 1.54) is 0 Å². The lowest BCUT2D eigenvalue weighted by Gasteiger charge is -2.11. The van der Waals surface area contributed by atoms with Crippen LogP contribution in [0.3, 0.4) is 0 Å². The first-order chi connectivity index (χ1) is 5.99. The molecule has 2 N–H and O–H groups in total. The zero-order valence-corrected chi connectivity index (χ0v) is 7.53.